The van der Waals surface area contributed by atoms with Gasteiger partial charge in [0.05, 0.1) is 12.7 Å². The van der Waals surface area contributed by atoms with Crippen molar-refractivity contribution in [3.8, 4) is 6.07 Å². The molecule has 0 heterocycles. The number of aliphatic hydroxyl groups excluding tert-OH is 1. The lowest BCUT2D eigenvalue weighted by molar-refractivity contribution is 0.0881. The molecule has 0 radical (unpaired) electrons. The first-order chi connectivity index (χ1) is 4.31. The van der Waals surface area contributed by atoms with Crippen LogP contribution in [0.2, 0.25) is 0 Å². The number of rotatable bonds is 4. The van der Waals surface area contributed by atoms with Crippen molar-refractivity contribution in [3.63, 3.8) is 0 Å². The Morgan fingerprint density at radius 1 is 1.78 bits per heavy atom. The first-order valence-corrected chi connectivity index (χ1v) is 2.93. The van der Waals surface area contributed by atoms with Gasteiger partial charge >= 0.3 is 0 Å². The summed E-state index contributed by atoms with van der Waals surface area (Å²) in [7, 11) is 0. The molecule has 3 heteroatoms. The minimum absolute atomic E-state index is 0.123. The number of aliphatic hydroxyl groups is 1. The summed E-state index contributed by atoms with van der Waals surface area (Å²) in [4.78, 5) is 0. The highest BCUT2D eigenvalue weighted by Gasteiger charge is 1.95. The molecular formula is C6H11NO2. The molecule has 0 aromatic carbocycles. The summed E-state index contributed by atoms with van der Waals surface area (Å²) in [6.45, 7) is 2.26. The van der Waals surface area contributed by atoms with Gasteiger partial charge in [0.25, 0.3) is 0 Å². The molecule has 0 aliphatic rings. The second-order valence-electron chi connectivity index (χ2n) is 1.72. The Labute approximate surface area is 54.9 Å². The number of ether oxygens (including phenoxy) is 1. The van der Waals surface area contributed by atoms with E-state index in [0.29, 0.717) is 13.0 Å². The number of nitriles is 1. The topological polar surface area (TPSA) is 53.2 Å². The summed E-state index contributed by atoms with van der Waals surface area (Å²) in [6, 6.07) is 1.92. The second-order valence-corrected chi connectivity index (χ2v) is 1.72. The molecule has 9 heavy (non-hydrogen) atoms. The van der Waals surface area contributed by atoms with E-state index in [9.17, 15) is 0 Å². The van der Waals surface area contributed by atoms with Crippen LogP contribution >= 0.6 is 0 Å². The molecule has 0 aromatic heterocycles. The maximum atomic E-state index is 8.29. The molecular weight excluding hydrogens is 118 g/mol. The van der Waals surface area contributed by atoms with Crippen LogP contribution in [-0.2, 0) is 4.74 Å². The summed E-state index contributed by atoms with van der Waals surface area (Å²) < 4.78 is 4.91. The lowest BCUT2D eigenvalue weighted by Crippen LogP contribution is -2.06. The lowest BCUT2D eigenvalue weighted by Gasteiger charge is -2.01. The molecule has 1 unspecified atom stereocenters. The number of hydrogen-bond acceptors (Lipinski definition) is 3. The summed E-state index contributed by atoms with van der Waals surface area (Å²) in [5.41, 5.74) is 0. The van der Waals surface area contributed by atoms with E-state index in [1.54, 1.807) is 6.92 Å². The third kappa shape index (κ3) is 5.28. The molecule has 0 spiro atoms. The van der Waals surface area contributed by atoms with Crippen molar-refractivity contribution in [2.45, 2.75) is 19.4 Å². The Hall–Kier alpha value is -0.590. The average Bonchev–Trinajstić information content (AvgIpc) is 1.89. The first-order valence-electron chi connectivity index (χ1n) is 2.93. The van der Waals surface area contributed by atoms with Crippen LogP contribution in [0.15, 0.2) is 0 Å². The van der Waals surface area contributed by atoms with E-state index < -0.39 is 0 Å². The van der Waals surface area contributed by atoms with Gasteiger partial charge < -0.3 is 9.84 Å². The maximum Gasteiger partial charge on any atom is 0.141 e. The Morgan fingerprint density at radius 2 is 2.44 bits per heavy atom. The molecule has 0 fully saturated rings. The number of nitrogens with zero attached hydrogens (tertiary/aromatic N) is 1. The van der Waals surface area contributed by atoms with Crippen LogP contribution in [0.4, 0.5) is 0 Å². The van der Waals surface area contributed by atoms with E-state index in [1.807, 2.05) is 6.07 Å². The standard InChI is InChI=1S/C6H11NO2/c1-6(5-7)9-4-2-3-8/h6,8H,2-4H2,1H3. The van der Waals surface area contributed by atoms with Gasteiger partial charge in [-0.3, -0.25) is 0 Å². The molecule has 3 nitrogen and oxygen atoms in total. The summed E-state index contributed by atoms with van der Waals surface area (Å²) in [6.07, 6.45) is 0.253. The molecule has 52 valence electrons. The normalized spacial score (nSPS) is 12.6. The van der Waals surface area contributed by atoms with Crippen molar-refractivity contribution >= 4 is 0 Å². The highest BCUT2D eigenvalue weighted by molar-refractivity contribution is 4.78. The zero-order valence-corrected chi connectivity index (χ0v) is 5.50. The van der Waals surface area contributed by atoms with Gasteiger partial charge in [-0.1, -0.05) is 0 Å². The first kappa shape index (κ1) is 8.41. The minimum atomic E-state index is -0.350. The zero-order chi connectivity index (χ0) is 7.11. The highest BCUT2D eigenvalue weighted by atomic mass is 16.5. The van der Waals surface area contributed by atoms with Crippen LogP contribution in [-0.4, -0.2) is 24.4 Å². The quantitative estimate of drug-likeness (QED) is 0.555. The Kier molecular flexibility index (Phi) is 5.18. The van der Waals surface area contributed by atoms with Gasteiger partial charge in [0.1, 0.15) is 6.10 Å². The zero-order valence-electron chi connectivity index (χ0n) is 5.50. The monoisotopic (exact) mass is 129 g/mol. The third-order valence-corrected chi connectivity index (χ3v) is 0.852. The molecule has 0 aliphatic carbocycles. The van der Waals surface area contributed by atoms with E-state index in [-0.39, 0.29) is 12.7 Å². The van der Waals surface area contributed by atoms with Crippen molar-refractivity contribution in [1.82, 2.24) is 0 Å². The summed E-state index contributed by atoms with van der Waals surface area (Å²) in [5, 5.41) is 16.5. The predicted octanol–water partition coefficient (Wildman–Crippen LogP) is 0.297. The van der Waals surface area contributed by atoms with Crippen molar-refractivity contribution in [2.75, 3.05) is 13.2 Å². The fraction of sp³-hybridized carbons (Fsp3) is 0.833. The smallest absolute Gasteiger partial charge is 0.141 e. The summed E-state index contributed by atoms with van der Waals surface area (Å²) >= 11 is 0. The van der Waals surface area contributed by atoms with Crippen LogP contribution in [0.5, 0.6) is 0 Å². The van der Waals surface area contributed by atoms with Gasteiger partial charge in [0, 0.05) is 6.61 Å². The predicted molar refractivity (Wildman–Crippen MR) is 32.7 cm³/mol. The van der Waals surface area contributed by atoms with Crippen LogP contribution in [0.3, 0.4) is 0 Å². The van der Waals surface area contributed by atoms with E-state index in [4.69, 9.17) is 15.1 Å². The molecule has 0 aromatic rings. The Bertz CT molecular complexity index is 97.7. The van der Waals surface area contributed by atoms with E-state index in [2.05, 4.69) is 0 Å². The lowest BCUT2D eigenvalue weighted by atomic mass is 10.4. The largest absolute Gasteiger partial charge is 0.396 e. The van der Waals surface area contributed by atoms with Crippen molar-refractivity contribution in [3.05, 3.63) is 0 Å². The van der Waals surface area contributed by atoms with Crippen molar-refractivity contribution in [2.24, 2.45) is 0 Å². The van der Waals surface area contributed by atoms with Crippen LogP contribution in [0.25, 0.3) is 0 Å². The van der Waals surface area contributed by atoms with E-state index >= 15 is 0 Å². The van der Waals surface area contributed by atoms with Gasteiger partial charge in [0.2, 0.25) is 0 Å². The molecule has 0 saturated heterocycles. The van der Waals surface area contributed by atoms with Crippen LogP contribution in [0, 0.1) is 11.3 Å². The van der Waals surface area contributed by atoms with Gasteiger partial charge in [-0.15, -0.1) is 0 Å². The molecule has 0 amide bonds. The van der Waals surface area contributed by atoms with Crippen molar-refractivity contribution in [1.29, 1.82) is 5.26 Å². The Balaban J connectivity index is 2.99. The minimum Gasteiger partial charge on any atom is -0.396 e. The summed E-state index contributed by atoms with van der Waals surface area (Å²) in [5.74, 6) is 0. The van der Waals surface area contributed by atoms with Gasteiger partial charge in [-0.05, 0) is 13.3 Å². The highest BCUT2D eigenvalue weighted by Crippen LogP contribution is 1.88. The average molecular weight is 129 g/mol. The second kappa shape index (κ2) is 5.54. The molecule has 0 saturated carbocycles. The molecule has 1 atom stereocenters. The molecule has 0 bridgehead atoms. The van der Waals surface area contributed by atoms with Crippen molar-refractivity contribution < 1.29 is 9.84 Å². The fourth-order valence-corrected chi connectivity index (χ4v) is 0.362. The SMILES string of the molecule is CC(C#N)OCCCO. The van der Waals surface area contributed by atoms with Gasteiger partial charge in [-0.25, -0.2) is 0 Å². The van der Waals surface area contributed by atoms with E-state index in [0.717, 1.165) is 0 Å². The number of hydrogen-bond donors (Lipinski definition) is 1. The maximum absolute atomic E-state index is 8.29. The molecule has 1 N–H and O–H groups in total. The van der Waals surface area contributed by atoms with E-state index in [1.165, 1.54) is 0 Å². The van der Waals surface area contributed by atoms with Gasteiger partial charge in [0.15, 0.2) is 0 Å². The van der Waals surface area contributed by atoms with Crippen LogP contribution in [0.1, 0.15) is 13.3 Å². The molecule has 0 rings (SSSR count). The third-order valence-electron chi connectivity index (χ3n) is 0.852. The van der Waals surface area contributed by atoms with Gasteiger partial charge in [-0.2, -0.15) is 5.26 Å². The molecule has 0 aliphatic heterocycles. The fourth-order valence-electron chi connectivity index (χ4n) is 0.362. The van der Waals surface area contributed by atoms with Crippen LogP contribution < -0.4 is 0 Å². The Morgan fingerprint density at radius 3 is 2.89 bits per heavy atom.